The first-order valence-corrected chi connectivity index (χ1v) is 4.45. The molecule has 0 unspecified atom stereocenters. The van der Waals surface area contributed by atoms with Crippen molar-refractivity contribution in [2.45, 2.75) is 19.8 Å². The third-order valence-electron chi connectivity index (χ3n) is 2.00. The van der Waals surface area contributed by atoms with Crippen LogP contribution < -0.4 is 0 Å². The second-order valence-corrected chi connectivity index (χ2v) is 3.04. The largest absolute Gasteiger partial charge is 0.396 e. The van der Waals surface area contributed by atoms with Gasteiger partial charge in [-0.25, -0.2) is 0 Å². The van der Waals surface area contributed by atoms with Crippen LogP contribution in [0.2, 0.25) is 0 Å². The number of rotatable bonds is 4. The van der Waals surface area contributed by atoms with Crippen LogP contribution in [0.3, 0.4) is 0 Å². The standard InChI is InChI=1S/C11H14O2/c1-9(13)11-7-3-2-5-10(11)6-4-8-12/h2-3,5,7,12H,4,6,8H2,1H3. The number of ketones is 1. The fourth-order valence-electron chi connectivity index (χ4n) is 1.35. The summed E-state index contributed by atoms with van der Waals surface area (Å²) in [5, 5.41) is 8.67. The van der Waals surface area contributed by atoms with E-state index >= 15 is 0 Å². The molecule has 0 aliphatic heterocycles. The van der Waals surface area contributed by atoms with Crippen molar-refractivity contribution in [2.24, 2.45) is 0 Å². The number of aliphatic hydroxyl groups is 1. The third kappa shape index (κ3) is 2.67. The predicted octanol–water partition coefficient (Wildman–Crippen LogP) is 1.81. The lowest BCUT2D eigenvalue weighted by Gasteiger charge is -2.04. The Balaban J connectivity index is 2.84. The molecule has 0 heterocycles. The van der Waals surface area contributed by atoms with E-state index in [1.165, 1.54) is 0 Å². The minimum absolute atomic E-state index is 0.0912. The van der Waals surface area contributed by atoms with Gasteiger partial charge in [-0.05, 0) is 25.3 Å². The summed E-state index contributed by atoms with van der Waals surface area (Å²) in [6, 6.07) is 7.54. The van der Waals surface area contributed by atoms with Crippen LogP contribution in [0.4, 0.5) is 0 Å². The highest BCUT2D eigenvalue weighted by Gasteiger charge is 2.04. The van der Waals surface area contributed by atoms with E-state index < -0.39 is 0 Å². The van der Waals surface area contributed by atoms with Gasteiger partial charge in [0.2, 0.25) is 0 Å². The molecule has 13 heavy (non-hydrogen) atoms. The first kappa shape index (κ1) is 9.93. The second-order valence-electron chi connectivity index (χ2n) is 3.04. The molecule has 0 atom stereocenters. The van der Waals surface area contributed by atoms with Crippen molar-refractivity contribution >= 4 is 5.78 Å². The highest BCUT2D eigenvalue weighted by Crippen LogP contribution is 2.11. The number of benzene rings is 1. The zero-order valence-electron chi connectivity index (χ0n) is 7.79. The van der Waals surface area contributed by atoms with Crippen LogP contribution in [-0.4, -0.2) is 17.5 Å². The van der Waals surface area contributed by atoms with Crippen molar-refractivity contribution in [1.29, 1.82) is 0 Å². The van der Waals surface area contributed by atoms with Crippen LogP contribution in [0.15, 0.2) is 24.3 Å². The Hall–Kier alpha value is -1.15. The molecule has 0 aliphatic rings. The van der Waals surface area contributed by atoms with Crippen molar-refractivity contribution < 1.29 is 9.90 Å². The molecular formula is C11H14O2. The van der Waals surface area contributed by atoms with Crippen molar-refractivity contribution in [2.75, 3.05) is 6.61 Å². The SMILES string of the molecule is CC(=O)c1ccccc1CCCO. The van der Waals surface area contributed by atoms with Crippen LogP contribution in [0.5, 0.6) is 0 Å². The van der Waals surface area contributed by atoms with Crippen LogP contribution in [0, 0.1) is 0 Å². The van der Waals surface area contributed by atoms with Gasteiger partial charge in [0.15, 0.2) is 5.78 Å². The van der Waals surface area contributed by atoms with E-state index in [-0.39, 0.29) is 12.4 Å². The molecule has 1 aromatic carbocycles. The molecule has 0 bridgehead atoms. The van der Waals surface area contributed by atoms with E-state index in [1.54, 1.807) is 6.92 Å². The Morgan fingerprint density at radius 1 is 1.38 bits per heavy atom. The zero-order valence-corrected chi connectivity index (χ0v) is 7.79. The summed E-state index contributed by atoms with van der Waals surface area (Å²) >= 11 is 0. The summed E-state index contributed by atoms with van der Waals surface area (Å²) in [4.78, 5) is 11.2. The second kappa shape index (κ2) is 4.77. The average Bonchev–Trinajstić information content (AvgIpc) is 2.15. The monoisotopic (exact) mass is 178 g/mol. The lowest BCUT2D eigenvalue weighted by molar-refractivity contribution is 0.101. The maximum atomic E-state index is 11.2. The van der Waals surface area contributed by atoms with E-state index in [2.05, 4.69) is 0 Å². The fraction of sp³-hybridized carbons (Fsp3) is 0.364. The summed E-state index contributed by atoms with van der Waals surface area (Å²) in [5.74, 6) is 0.0912. The Labute approximate surface area is 78.2 Å². The maximum absolute atomic E-state index is 11.2. The van der Waals surface area contributed by atoms with Gasteiger partial charge in [0, 0.05) is 12.2 Å². The van der Waals surface area contributed by atoms with Gasteiger partial charge in [-0.2, -0.15) is 0 Å². The smallest absolute Gasteiger partial charge is 0.160 e. The first-order chi connectivity index (χ1) is 6.25. The lowest BCUT2D eigenvalue weighted by Crippen LogP contribution is -2.00. The van der Waals surface area contributed by atoms with E-state index in [9.17, 15) is 4.79 Å². The number of hydrogen-bond acceptors (Lipinski definition) is 2. The molecule has 0 saturated carbocycles. The quantitative estimate of drug-likeness (QED) is 0.714. The van der Waals surface area contributed by atoms with Gasteiger partial charge in [-0.3, -0.25) is 4.79 Å². The molecule has 0 radical (unpaired) electrons. The molecule has 0 aliphatic carbocycles. The van der Waals surface area contributed by atoms with E-state index in [0.29, 0.717) is 6.42 Å². The molecule has 1 rings (SSSR count). The molecule has 0 fully saturated rings. The van der Waals surface area contributed by atoms with Crippen molar-refractivity contribution in [3.63, 3.8) is 0 Å². The van der Waals surface area contributed by atoms with Gasteiger partial charge in [0.1, 0.15) is 0 Å². The van der Waals surface area contributed by atoms with E-state index in [4.69, 9.17) is 5.11 Å². The third-order valence-corrected chi connectivity index (χ3v) is 2.00. The Morgan fingerprint density at radius 2 is 2.08 bits per heavy atom. The minimum atomic E-state index is 0.0912. The van der Waals surface area contributed by atoms with Crippen LogP contribution >= 0.6 is 0 Å². The minimum Gasteiger partial charge on any atom is -0.396 e. The number of carbonyl (C=O) groups is 1. The normalized spacial score (nSPS) is 10.0. The van der Waals surface area contributed by atoms with Crippen LogP contribution in [-0.2, 0) is 6.42 Å². The molecule has 1 aromatic rings. The van der Waals surface area contributed by atoms with Gasteiger partial charge in [0.05, 0.1) is 0 Å². The van der Waals surface area contributed by atoms with Crippen molar-refractivity contribution in [3.8, 4) is 0 Å². The molecule has 0 saturated heterocycles. The predicted molar refractivity (Wildman–Crippen MR) is 51.9 cm³/mol. The van der Waals surface area contributed by atoms with Crippen LogP contribution in [0.25, 0.3) is 0 Å². The summed E-state index contributed by atoms with van der Waals surface area (Å²) in [7, 11) is 0. The summed E-state index contributed by atoms with van der Waals surface area (Å²) in [5.41, 5.74) is 1.81. The molecule has 2 heteroatoms. The van der Waals surface area contributed by atoms with Crippen LogP contribution in [0.1, 0.15) is 29.3 Å². The molecule has 0 amide bonds. The Bertz CT molecular complexity index is 292. The Morgan fingerprint density at radius 3 is 2.69 bits per heavy atom. The highest BCUT2D eigenvalue weighted by atomic mass is 16.2. The summed E-state index contributed by atoms with van der Waals surface area (Å²) in [6.07, 6.45) is 1.48. The van der Waals surface area contributed by atoms with E-state index in [0.717, 1.165) is 17.5 Å². The molecule has 1 N–H and O–H groups in total. The number of aryl methyl sites for hydroxylation is 1. The average molecular weight is 178 g/mol. The summed E-state index contributed by atoms with van der Waals surface area (Å²) in [6.45, 7) is 1.74. The summed E-state index contributed by atoms with van der Waals surface area (Å²) < 4.78 is 0. The van der Waals surface area contributed by atoms with Gasteiger partial charge in [0.25, 0.3) is 0 Å². The lowest BCUT2D eigenvalue weighted by atomic mass is 10.0. The highest BCUT2D eigenvalue weighted by molar-refractivity contribution is 5.95. The van der Waals surface area contributed by atoms with E-state index in [1.807, 2.05) is 24.3 Å². The van der Waals surface area contributed by atoms with Crippen molar-refractivity contribution in [3.05, 3.63) is 35.4 Å². The maximum Gasteiger partial charge on any atom is 0.160 e. The number of Topliss-reactive ketones (excluding diaryl/α,β-unsaturated/α-hetero) is 1. The number of hydrogen-bond donors (Lipinski definition) is 1. The molecule has 0 aromatic heterocycles. The van der Waals surface area contributed by atoms with Gasteiger partial charge in [-0.15, -0.1) is 0 Å². The molecular weight excluding hydrogens is 164 g/mol. The Kier molecular flexibility index (Phi) is 3.65. The van der Waals surface area contributed by atoms with Gasteiger partial charge >= 0.3 is 0 Å². The first-order valence-electron chi connectivity index (χ1n) is 4.45. The molecule has 70 valence electrons. The molecule has 2 nitrogen and oxygen atoms in total. The van der Waals surface area contributed by atoms with Gasteiger partial charge in [-0.1, -0.05) is 24.3 Å². The van der Waals surface area contributed by atoms with Gasteiger partial charge < -0.3 is 5.11 Å². The topological polar surface area (TPSA) is 37.3 Å². The molecule has 0 spiro atoms. The zero-order chi connectivity index (χ0) is 9.68. The number of aliphatic hydroxyl groups excluding tert-OH is 1. The van der Waals surface area contributed by atoms with Crippen molar-refractivity contribution in [1.82, 2.24) is 0 Å². The number of carbonyl (C=O) groups excluding carboxylic acids is 1. The fourth-order valence-corrected chi connectivity index (χ4v) is 1.35.